The Bertz CT molecular complexity index is 690. The number of imidazole rings is 1. The summed E-state index contributed by atoms with van der Waals surface area (Å²) in [6.07, 6.45) is 4.73. The highest BCUT2D eigenvalue weighted by Gasteiger charge is 2.25. The topological polar surface area (TPSA) is 61.1 Å². The number of carboxylic acids is 1. The minimum atomic E-state index is -0.946. The van der Waals surface area contributed by atoms with Gasteiger partial charge in [-0.3, -0.25) is 4.40 Å². The van der Waals surface area contributed by atoms with Crippen molar-refractivity contribution < 1.29 is 9.90 Å². The van der Waals surface area contributed by atoms with Crippen LogP contribution in [0.4, 0.5) is 5.82 Å². The fraction of sp³-hybridized carbons (Fsp3) is 0.429. The van der Waals surface area contributed by atoms with Gasteiger partial charge < -0.3 is 14.9 Å². The van der Waals surface area contributed by atoms with Crippen LogP contribution in [-0.4, -0.2) is 58.1 Å². The van der Waals surface area contributed by atoms with Crippen LogP contribution in [0.2, 0.25) is 0 Å². The number of fused-ring (bicyclic) bond motifs is 1. The molecule has 3 heterocycles. The van der Waals surface area contributed by atoms with Crippen molar-refractivity contribution in [3.05, 3.63) is 23.3 Å². The lowest BCUT2D eigenvalue weighted by Gasteiger charge is -2.38. The molecule has 1 aliphatic rings. The van der Waals surface area contributed by atoms with Crippen LogP contribution >= 0.6 is 11.3 Å². The van der Waals surface area contributed by atoms with Gasteiger partial charge in [-0.15, -0.1) is 11.3 Å². The molecule has 112 valence electrons. The second-order valence-corrected chi connectivity index (χ2v) is 6.20. The molecule has 0 radical (unpaired) electrons. The van der Waals surface area contributed by atoms with Crippen molar-refractivity contribution in [2.75, 3.05) is 31.6 Å². The Morgan fingerprint density at radius 1 is 1.52 bits per heavy atom. The smallest absolute Gasteiger partial charge is 0.328 e. The molecule has 3 rings (SSSR count). The van der Waals surface area contributed by atoms with E-state index in [4.69, 9.17) is 5.11 Å². The largest absolute Gasteiger partial charge is 0.478 e. The molecule has 1 fully saturated rings. The van der Waals surface area contributed by atoms with E-state index in [9.17, 15) is 4.79 Å². The Morgan fingerprint density at radius 2 is 2.33 bits per heavy atom. The predicted molar refractivity (Wildman–Crippen MR) is 84.0 cm³/mol. The van der Waals surface area contributed by atoms with Gasteiger partial charge in [-0.1, -0.05) is 0 Å². The zero-order chi connectivity index (χ0) is 15.0. The van der Waals surface area contributed by atoms with E-state index in [2.05, 4.69) is 28.8 Å². The molecule has 0 aliphatic carbocycles. The van der Waals surface area contributed by atoms with Crippen molar-refractivity contribution in [2.45, 2.75) is 13.0 Å². The maximum absolute atomic E-state index is 10.8. The van der Waals surface area contributed by atoms with Crippen LogP contribution in [0.25, 0.3) is 11.0 Å². The summed E-state index contributed by atoms with van der Waals surface area (Å²) >= 11 is 1.56. The Hall–Kier alpha value is -1.86. The average Bonchev–Trinajstić information content (AvgIpc) is 3.00. The van der Waals surface area contributed by atoms with Gasteiger partial charge in [0.2, 0.25) is 0 Å². The van der Waals surface area contributed by atoms with Crippen molar-refractivity contribution in [3.8, 4) is 0 Å². The second kappa shape index (κ2) is 5.50. The third-order valence-electron chi connectivity index (χ3n) is 3.92. The predicted octanol–water partition coefficient (Wildman–Crippen LogP) is 1.63. The van der Waals surface area contributed by atoms with Gasteiger partial charge in [0.25, 0.3) is 0 Å². The summed E-state index contributed by atoms with van der Waals surface area (Å²) in [6, 6.07) is 0.454. The number of hydrogen-bond donors (Lipinski definition) is 1. The number of nitrogens with zero attached hydrogens (tertiary/aromatic N) is 4. The Kier molecular flexibility index (Phi) is 3.69. The van der Waals surface area contributed by atoms with E-state index in [1.54, 1.807) is 17.4 Å². The first-order valence-electron chi connectivity index (χ1n) is 6.88. The Balaban J connectivity index is 1.99. The molecular formula is C14H18N4O2S. The lowest BCUT2D eigenvalue weighted by Crippen LogP contribution is -2.50. The number of hydrogen-bond acceptors (Lipinski definition) is 5. The molecule has 0 spiro atoms. The maximum atomic E-state index is 10.8. The van der Waals surface area contributed by atoms with E-state index < -0.39 is 5.97 Å². The number of carboxylic acid groups (broad SMARTS) is 1. The molecule has 1 atom stereocenters. The first-order chi connectivity index (χ1) is 10.1. The highest BCUT2D eigenvalue weighted by atomic mass is 32.1. The number of aliphatic carboxylic acids is 1. The zero-order valence-corrected chi connectivity index (χ0v) is 12.9. The molecule has 1 aliphatic heterocycles. The molecule has 0 amide bonds. The quantitative estimate of drug-likeness (QED) is 0.874. The molecule has 21 heavy (non-hydrogen) atoms. The molecule has 0 saturated carbocycles. The molecule has 2 aromatic rings. The van der Waals surface area contributed by atoms with Gasteiger partial charge in [-0.25, -0.2) is 9.78 Å². The highest BCUT2D eigenvalue weighted by molar-refractivity contribution is 7.15. The number of aromatic nitrogens is 2. The summed E-state index contributed by atoms with van der Waals surface area (Å²) in [4.78, 5) is 20.9. The number of thiazole rings is 1. The van der Waals surface area contributed by atoms with Crippen molar-refractivity contribution in [3.63, 3.8) is 0 Å². The van der Waals surface area contributed by atoms with Gasteiger partial charge >= 0.3 is 5.97 Å². The fourth-order valence-corrected chi connectivity index (χ4v) is 3.29. The summed E-state index contributed by atoms with van der Waals surface area (Å²) in [6.45, 7) is 4.97. The Morgan fingerprint density at radius 3 is 3.05 bits per heavy atom. The number of likely N-dealkylation sites (N-methyl/N-ethyl adjacent to an activating group) is 1. The van der Waals surface area contributed by atoms with E-state index in [1.807, 2.05) is 16.0 Å². The average molecular weight is 306 g/mol. The van der Waals surface area contributed by atoms with E-state index in [1.165, 1.54) is 6.08 Å². The fourth-order valence-electron chi connectivity index (χ4n) is 2.57. The summed E-state index contributed by atoms with van der Waals surface area (Å²) in [5.41, 5.74) is 0.838. The van der Waals surface area contributed by atoms with Crippen molar-refractivity contribution in [1.29, 1.82) is 0 Å². The molecule has 1 saturated heterocycles. The number of rotatable bonds is 3. The third kappa shape index (κ3) is 2.66. The summed E-state index contributed by atoms with van der Waals surface area (Å²) in [7, 11) is 2.12. The van der Waals surface area contributed by atoms with Crippen molar-refractivity contribution in [1.82, 2.24) is 14.3 Å². The summed E-state index contributed by atoms with van der Waals surface area (Å²) in [5, 5.41) is 10.8. The van der Waals surface area contributed by atoms with Crippen molar-refractivity contribution in [2.24, 2.45) is 0 Å². The van der Waals surface area contributed by atoms with E-state index in [0.29, 0.717) is 6.04 Å². The first-order valence-corrected chi connectivity index (χ1v) is 7.76. The van der Waals surface area contributed by atoms with Gasteiger partial charge in [0, 0.05) is 43.3 Å². The second-order valence-electron chi connectivity index (χ2n) is 5.32. The van der Waals surface area contributed by atoms with Gasteiger partial charge in [-0.05, 0) is 20.0 Å². The van der Waals surface area contributed by atoms with Crippen LogP contribution in [0.5, 0.6) is 0 Å². The molecule has 1 N–H and O–H groups in total. The molecule has 6 nitrogen and oxygen atoms in total. The van der Waals surface area contributed by atoms with Crippen LogP contribution in [0.15, 0.2) is 17.7 Å². The molecule has 0 aromatic carbocycles. The third-order valence-corrected chi connectivity index (χ3v) is 4.68. The molecular weight excluding hydrogens is 288 g/mol. The highest BCUT2D eigenvalue weighted by Crippen LogP contribution is 2.27. The van der Waals surface area contributed by atoms with Crippen LogP contribution in [-0.2, 0) is 4.79 Å². The van der Waals surface area contributed by atoms with E-state index in [-0.39, 0.29) is 0 Å². The molecule has 0 bridgehead atoms. The van der Waals surface area contributed by atoms with Crippen LogP contribution < -0.4 is 4.90 Å². The van der Waals surface area contributed by atoms with E-state index in [0.717, 1.165) is 36.1 Å². The molecule has 2 aromatic heterocycles. The minimum Gasteiger partial charge on any atom is -0.478 e. The van der Waals surface area contributed by atoms with Crippen LogP contribution in [0.3, 0.4) is 0 Å². The monoisotopic (exact) mass is 306 g/mol. The van der Waals surface area contributed by atoms with Gasteiger partial charge in [-0.2, -0.15) is 0 Å². The molecule has 7 heteroatoms. The van der Waals surface area contributed by atoms with Gasteiger partial charge in [0.1, 0.15) is 0 Å². The lowest BCUT2D eigenvalue weighted by atomic mass is 10.2. The summed E-state index contributed by atoms with van der Waals surface area (Å²) in [5.74, 6) is -0.0721. The summed E-state index contributed by atoms with van der Waals surface area (Å²) < 4.78 is 1.95. The van der Waals surface area contributed by atoms with Gasteiger partial charge in [0.05, 0.1) is 5.69 Å². The van der Waals surface area contributed by atoms with Crippen molar-refractivity contribution >= 4 is 34.2 Å². The van der Waals surface area contributed by atoms with Crippen LogP contribution in [0.1, 0.15) is 12.6 Å². The standard InChI is InChI=1S/C14H18N4O2S/c1-10-9-17(6-5-16(10)2)13-11(3-4-12(19)20)18-7-8-21-14(18)15-13/h3-4,7-8,10H,5-6,9H2,1-2H3,(H,19,20). The SMILES string of the molecule is CC1CN(c2nc3sccn3c2C=CC(=O)O)CCN1C. The number of piperazine rings is 1. The lowest BCUT2D eigenvalue weighted by molar-refractivity contribution is -0.131. The Labute approximate surface area is 126 Å². The van der Waals surface area contributed by atoms with Crippen LogP contribution in [0, 0.1) is 0 Å². The first kappa shape index (κ1) is 14.1. The number of anilines is 1. The minimum absolute atomic E-state index is 0.454. The zero-order valence-electron chi connectivity index (χ0n) is 12.1. The van der Waals surface area contributed by atoms with Gasteiger partial charge in [0.15, 0.2) is 10.8 Å². The normalized spacial score (nSPS) is 20.7. The molecule has 1 unspecified atom stereocenters. The maximum Gasteiger partial charge on any atom is 0.328 e. The van der Waals surface area contributed by atoms with E-state index >= 15 is 0 Å². The number of carbonyl (C=O) groups is 1.